The first-order valence-electron chi connectivity index (χ1n) is 6.33. The quantitative estimate of drug-likeness (QED) is 0.767. The van der Waals surface area contributed by atoms with E-state index in [2.05, 4.69) is 24.1 Å². The average molecular weight is 251 g/mol. The molecule has 0 aromatic heterocycles. The van der Waals surface area contributed by atoms with Crippen molar-refractivity contribution in [2.45, 2.75) is 25.3 Å². The molecule has 0 saturated carbocycles. The Morgan fingerprint density at radius 2 is 2.06 bits per heavy atom. The zero-order valence-corrected chi connectivity index (χ0v) is 11.0. The summed E-state index contributed by atoms with van der Waals surface area (Å²) in [4.78, 5) is 2.40. The second-order valence-corrected chi connectivity index (χ2v) is 6.10. The monoisotopic (exact) mass is 250 g/mol. The fraction of sp³-hybridized carbons (Fsp3) is 0.571. The molecule has 0 amide bonds. The van der Waals surface area contributed by atoms with E-state index in [0.29, 0.717) is 5.41 Å². The van der Waals surface area contributed by atoms with Crippen LogP contribution in [0.15, 0.2) is 18.2 Å². The molecule has 1 aliphatic carbocycles. The third-order valence-corrected chi connectivity index (χ3v) is 4.86. The summed E-state index contributed by atoms with van der Waals surface area (Å²) in [6.45, 7) is 2.32. The Bertz CT molecular complexity index is 436. The van der Waals surface area contributed by atoms with Gasteiger partial charge in [0.25, 0.3) is 0 Å². The van der Waals surface area contributed by atoms with Gasteiger partial charge in [0.05, 0.1) is 0 Å². The molecule has 1 aliphatic heterocycles. The van der Waals surface area contributed by atoms with Gasteiger partial charge in [-0.3, -0.25) is 0 Å². The van der Waals surface area contributed by atoms with Crippen LogP contribution in [0.1, 0.15) is 30.0 Å². The van der Waals surface area contributed by atoms with Gasteiger partial charge in [-0.15, -0.1) is 0 Å². The number of benzene rings is 1. The number of halogens is 1. The van der Waals surface area contributed by atoms with Crippen LogP contribution in [-0.4, -0.2) is 25.0 Å². The second kappa shape index (κ2) is 3.98. The normalized spacial score (nSPS) is 27.4. The van der Waals surface area contributed by atoms with Gasteiger partial charge in [0.15, 0.2) is 0 Å². The summed E-state index contributed by atoms with van der Waals surface area (Å²) in [6, 6.07) is 6.38. The van der Waals surface area contributed by atoms with Crippen LogP contribution in [0.4, 0.5) is 0 Å². The van der Waals surface area contributed by atoms with Crippen molar-refractivity contribution >= 4 is 11.6 Å². The highest BCUT2D eigenvalue weighted by Gasteiger charge is 2.45. The number of nitrogens with zero attached hydrogens (tertiary/aromatic N) is 1. The van der Waals surface area contributed by atoms with Crippen LogP contribution in [0.2, 0.25) is 5.02 Å². The molecule has 92 valence electrons. The number of hydrogen-bond acceptors (Lipinski definition) is 2. The summed E-state index contributed by atoms with van der Waals surface area (Å²) >= 11 is 6.08. The molecule has 1 heterocycles. The number of piperidine rings is 1. The lowest BCUT2D eigenvalue weighted by atomic mass is 9.73. The van der Waals surface area contributed by atoms with Crippen LogP contribution in [-0.2, 0) is 6.42 Å². The fourth-order valence-corrected chi connectivity index (χ4v) is 3.57. The van der Waals surface area contributed by atoms with Crippen molar-refractivity contribution in [3.05, 3.63) is 34.3 Å². The van der Waals surface area contributed by atoms with E-state index in [-0.39, 0.29) is 6.04 Å². The zero-order valence-electron chi connectivity index (χ0n) is 10.2. The number of rotatable bonds is 0. The van der Waals surface area contributed by atoms with Crippen LogP contribution in [0, 0.1) is 5.41 Å². The first kappa shape index (κ1) is 11.5. The van der Waals surface area contributed by atoms with Crippen molar-refractivity contribution in [3.8, 4) is 0 Å². The van der Waals surface area contributed by atoms with Crippen molar-refractivity contribution in [2.24, 2.45) is 11.1 Å². The highest BCUT2D eigenvalue weighted by atomic mass is 35.5. The summed E-state index contributed by atoms with van der Waals surface area (Å²) in [5, 5.41) is 0.809. The van der Waals surface area contributed by atoms with Crippen molar-refractivity contribution in [1.82, 2.24) is 4.90 Å². The van der Waals surface area contributed by atoms with Gasteiger partial charge < -0.3 is 10.6 Å². The van der Waals surface area contributed by atoms with Gasteiger partial charge in [-0.1, -0.05) is 17.7 Å². The van der Waals surface area contributed by atoms with Crippen molar-refractivity contribution in [1.29, 1.82) is 0 Å². The summed E-state index contributed by atoms with van der Waals surface area (Å²) in [6.07, 6.45) is 3.54. The number of likely N-dealkylation sites (tertiary alicyclic amines) is 1. The van der Waals surface area contributed by atoms with E-state index in [1.54, 1.807) is 0 Å². The van der Waals surface area contributed by atoms with E-state index in [9.17, 15) is 0 Å². The molecule has 1 atom stereocenters. The molecule has 3 rings (SSSR count). The van der Waals surface area contributed by atoms with Gasteiger partial charge in [0, 0.05) is 11.1 Å². The SMILES string of the molecule is CN1CCC2(CC1)Cc1ccc(Cl)cc1[C@@H]2N. The predicted octanol–water partition coefficient (Wildman–Crippen LogP) is 2.61. The largest absolute Gasteiger partial charge is 0.323 e. The van der Waals surface area contributed by atoms with E-state index < -0.39 is 0 Å². The Labute approximate surface area is 108 Å². The van der Waals surface area contributed by atoms with E-state index in [4.69, 9.17) is 17.3 Å². The molecular weight excluding hydrogens is 232 g/mol. The molecule has 0 radical (unpaired) electrons. The Morgan fingerprint density at radius 1 is 1.35 bits per heavy atom. The molecule has 1 saturated heterocycles. The molecule has 2 aliphatic rings. The van der Waals surface area contributed by atoms with Crippen molar-refractivity contribution < 1.29 is 0 Å². The van der Waals surface area contributed by atoms with Crippen LogP contribution < -0.4 is 5.73 Å². The summed E-state index contributed by atoms with van der Waals surface area (Å²) in [5.74, 6) is 0. The molecule has 1 aromatic carbocycles. The van der Waals surface area contributed by atoms with Gasteiger partial charge in [0.2, 0.25) is 0 Å². The molecule has 0 unspecified atom stereocenters. The maximum absolute atomic E-state index is 6.49. The van der Waals surface area contributed by atoms with Gasteiger partial charge in [0.1, 0.15) is 0 Å². The molecule has 2 N–H and O–H groups in total. The molecule has 0 bridgehead atoms. The molecule has 3 heteroatoms. The predicted molar refractivity (Wildman–Crippen MR) is 71.2 cm³/mol. The molecule has 1 fully saturated rings. The Hall–Kier alpha value is -0.570. The number of nitrogens with two attached hydrogens (primary N) is 1. The molecule has 1 spiro atoms. The third kappa shape index (κ3) is 1.79. The molecule has 1 aromatic rings. The van der Waals surface area contributed by atoms with Crippen LogP contribution in [0.5, 0.6) is 0 Å². The Balaban J connectivity index is 1.93. The lowest BCUT2D eigenvalue weighted by Gasteiger charge is -2.41. The summed E-state index contributed by atoms with van der Waals surface area (Å²) in [7, 11) is 2.19. The lowest BCUT2D eigenvalue weighted by molar-refractivity contribution is 0.106. The Morgan fingerprint density at radius 3 is 2.76 bits per heavy atom. The van der Waals surface area contributed by atoms with Crippen molar-refractivity contribution in [3.63, 3.8) is 0 Å². The van der Waals surface area contributed by atoms with Gasteiger partial charge >= 0.3 is 0 Å². The van der Waals surface area contributed by atoms with Crippen LogP contribution in [0.25, 0.3) is 0 Å². The van der Waals surface area contributed by atoms with E-state index in [1.165, 1.54) is 24.0 Å². The topological polar surface area (TPSA) is 29.3 Å². The molecule has 2 nitrogen and oxygen atoms in total. The fourth-order valence-electron chi connectivity index (χ4n) is 3.39. The number of hydrogen-bond donors (Lipinski definition) is 1. The standard InChI is InChI=1S/C14H19ClN2/c1-17-6-4-14(5-7-17)9-10-2-3-11(15)8-12(10)13(14)16/h2-3,8,13H,4-7,9,16H2,1H3/t13-/m0/s1. The van der Waals surface area contributed by atoms with Crippen LogP contribution >= 0.6 is 11.6 Å². The molecular formula is C14H19ClN2. The van der Waals surface area contributed by atoms with E-state index >= 15 is 0 Å². The van der Waals surface area contributed by atoms with Gasteiger partial charge in [-0.25, -0.2) is 0 Å². The summed E-state index contributed by atoms with van der Waals surface area (Å²) in [5.41, 5.74) is 9.47. The smallest absolute Gasteiger partial charge is 0.0409 e. The van der Waals surface area contributed by atoms with Gasteiger partial charge in [-0.05, 0) is 68.1 Å². The van der Waals surface area contributed by atoms with Gasteiger partial charge in [-0.2, -0.15) is 0 Å². The van der Waals surface area contributed by atoms with Crippen molar-refractivity contribution in [2.75, 3.05) is 20.1 Å². The molecule has 17 heavy (non-hydrogen) atoms. The summed E-state index contributed by atoms with van der Waals surface area (Å²) < 4.78 is 0. The first-order valence-corrected chi connectivity index (χ1v) is 6.71. The minimum atomic E-state index is 0.171. The second-order valence-electron chi connectivity index (χ2n) is 5.66. The highest BCUT2D eigenvalue weighted by Crippen LogP contribution is 2.50. The minimum Gasteiger partial charge on any atom is -0.323 e. The lowest BCUT2D eigenvalue weighted by Crippen LogP contribution is -2.42. The van der Waals surface area contributed by atoms with Crippen LogP contribution in [0.3, 0.4) is 0 Å². The number of fused-ring (bicyclic) bond motifs is 1. The maximum atomic E-state index is 6.49. The van der Waals surface area contributed by atoms with E-state index in [0.717, 1.165) is 24.5 Å². The average Bonchev–Trinajstić information content (AvgIpc) is 2.58. The third-order valence-electron chi connectivity index (χ3n) is 4.63. The Kier molecular flexibility index (Phi) is 2.69. The zero-order chi connectivity index (χ0) is 12.0. The maximum Gasteiger partial charge on any atom is 0.0409 e. The first-order chi connectivity index (χ1) is 8.11. The minimum absolute atomic E-state index is 0.171. The highest BCUT2D eigenvalue weighted by molar-refractivity contribution is 6.30. The van der Waals surface area contributed by atoms with E-state index in [1.807, 2.05) is 6.07 Å².